The van der Waals surface area contributed by atoms with E-state index in [1.165, 1.54) is 12.0 Å². The maximum absolute atomic E-state index is 5.17. The molecule has 0 spiro atoms. The number of rotatable bonds is 5. The van der Waals surface area contributed by atoms with Crippen LogP contribution in [0, 0.1) is 0 Å². The van der Waals surface area contributed by atoms with Crippen LogP contribution in [0.2, 0.25) is 0 Å². The number of hydrogen-bond acceptors (Lipinski definition) is 2. The van der Waals surface area contributed by atoms with Crippen molar-refractivity contribution in [3.05, 3.63) is 28.2 Å². The molecule has 0 aromatic heterocycles. The zero-order valence-corrected chi connectivity index (χ0v) is 11.1. The van der Waals surface area contributed by atoms with E-state index in [9.17, 15) is 0 Å². The Balaban J connectivity index is 2.92. The van der Waals surface area contributed by atoms with Crippen molar-refractivity contribution in [2.75, 3.05) is 14.2 Å². The van der Waals surface area contributed by atoms with Gasteiger partial charge in [0.1, 0.15) is 5.75 Å². The third-order valence-electron chi connectivity index (χ3n) is 2.51. The van der Waals surface area contributed by atoms with Crippen LogP contribution in [0.15, 0.2) is 22.7 Å². The van der Waals surface area contributed by atoms with E-state index in [0.29, 0.717) is 6.04 Å². The quantitative estimate of drug-likeness (QED) is 0.885. The topological polar surface area (TPSA) is 21.3 Å². The minimum Gasteiger partial charge on any atom is -0.497 e. The van der Waals surface area contributed by atoms with Gasteiger partial charge in [-0.3, -0.25) is 0 Å². The number of benzene rings is 1. The van der Waals surface area contributed by atoms with Crippen molar-refractivity contribution in [1.29, 1.82) is 0 Å². The Hall–Kier alpha value is -0.540. The van der Waals surface area contributed by atoms with Gasteiger partial charge in [-0.05, 0) is 31.2 Å². The van der Waals surface area contributed by atoms with E-state index in [-0.39, 0.29) is 0 Å². The molecular formula is C12H18BrNO. The van der Waals surface area contributed by atoms with E-state index in [1.54, 1.807) is 7.11 Å². The standard InChI is InChI=1S/C12H18BrNO/c1-4-5-12(14-2)10-7-6-9(15-3)8-11(10)13/h6-8,12,14H,4-5H2,1-3H3. The van der Waals surface area contributed by atoms with Crippen LogP contribution in [0.5, 0.6) is 5.75 Å². The summed E-state index contributed by atoms with van der Waals surface area (Å²) in [5.41, 5.74) is 1.29. The third kappa shape index (κ3) is 3.21. The third-order valence-corrected chi connectivity index (χ3v) is 3.20. The van der Waals surface area contributed by atoms with E-state index >= 15 is 0 Å². The summed E-state index contributed by atoms with van der Waals surface area (Å²) in [6.07, 6.45) is 2.31. The second kappa shape index (κ2) is 6.13. The summed E-state index contributed by atoms with van der Waals surface area (Å²) in [6, 6.07) is 6.53. The molecule has 0 aliphatic rings. The molecule has 1 unspecified atom stereocenters. The number of methoxy groups -OCH3 is 1. The first kappa shape index (κ1) is 12.5. The molecule has 0 aliphatic heterocycles. The SMILES string of the molecule is CCCC(NC)c1ccc(OC)cc1Br. The van der Waals surface area contributed by atoms with Gasteiger partial charge in [0.05, 0.1) is 7.11 Å². The lowest BCUT2D eigenvalue weighted by molar-refractivity contribution is 0.414. The second-order valence-electron chi connectivity index (χ2n) is 3.52. The van der Waals surface area contributed by atoms with Crippen LogP contribution in [-0.2, 0) is 0 Å². The van der Waals surface area contributed by atoms with Crippen LogP contribution >= 0.6 is 15.9 Å². The van der Waals surface area contributed by atoms with Crippen LogP contribution in [0.3, 0.4) is 0 Å². The van der Waals surface area contributed by atoms with Crippen LogP contribution in [0.4, 0.5) is 0 Å². The molecule has 0 amide bonds. The molecule has 0 radical (unpaired) electrons. The van der Waals surface area contributed by atoms with Gasteiger partial charge in [0.15, 0.2) is 0 Å². The minimum absolute atomic E-state index is 0.412. The largest absolute Gasteiger partial charge is 0.497 e. The lowest BCUT2D eigenvalue weighted by Gasteiger charge is -2.17. The predicted octanol–water partition coefficient (Wildman–Crippen LogP) is 3.52. The molecule has 1 rings (SSSR count). The fourth-order valence-electron chi connectivity index (χ4n) is 1.66. The monoisotopic (exact) mass is 271 g/mol. The van der Waals surface area contributed by atoms with Gasteiger partial charge >= 0.3 is 0 Å². The molecule has 0 saturated heterocycles. The molecule has 0 heterocycles. The van der Waals surface area contributed by atoms with Gasteiger partial charge in [0, 0.05) is 10.5 Å². The summed E-state index contributed by atoms with van der Waals surface area (Å²) < 4.78 is 6.28. The lowest BCUT2D eigenvalue weighted by Crippen LogP contribution is -2.16. The van der Waals surface area contributed by atoms with E-state index in [4.69, 9.17) is 4.74 Å². The van der Waals surface area contributed by atoms with Crippen molar-refractivity contribution in [2.45, 2.75) is 25.8 Å². The molecule has 2 nitrogen and oxygen atoms in total. The van der Waals surface area contributed by atoms with Crippen LogP contribution in [0.1, 0.15) is 31.4 Å². The van der Waals surface area contributed by atoms with Crippen molar-refractivity contribution in [3.8, 4) is 5.75 Å². The molecule has 0 aliphatic carbocycles. The maximum Gasteiger partial charge on any atom is 0.120 e. The van der Waals surface area contributed by atoms with Gasteiger partial charge in [0.25, 0.3) is 0 Å². The molecule has 84 valence electrons. The summed E-state index contributed by atoms with van der Waals surface area (Å²) >= 11 is 3.58. The Labute approximate surface area is 100 Å². The molecular weight excluding hydrogens is 254 g/mol. The summed E-state index contributed by atoms with van der Waals surface area (Å²) in [5, 5.41) is 3.33. The smallest absolute Gasteiger partial charge is 0.120 e. The fraction of sp³-hybridized carbons (Fsp3) is 0.500. The zero-order valence-electron chi connectivity index (χ0n) is 9.51. The highest BCUT2D eigenvalue weighted by Crippen LogP contribution is 2.29. The molecule has 0 bridgehead atoms. The van der Waals surface area contributed by atoms with E-state index < -0.39 is 0 Å². The van der Waals surface area contributed by atoms with Crippen molar-refractivity contribution in [2.24, 2.45) is 0 Å². The average Bonchev–Trinajstić information content (AvgIpc) is 2.26. The summed E-state index contributed by atoms with van der Waals surface area (Å²) in [7, 11) is 3.68. The van der Waals surface area contributed by atoms with Crippen molar-refractivity contribution in [3.63, 3.8) is 0 Å². The van der Waals surface area contributed by atoms with Crippen LogP contribution in [-0.4, -0.2) is 14.2 Å². The van der Waals surface area contributed by atoms with E-state index in [1.807, 2.05) is 19.2 Å². The molecule has 15 heavy (non-hydrogen) atoms. The molecule has 1 N–H and O–H groups in total. The number of halogens is 1. The molecule has 0 saturated carbocycles. The second-order valence-corrected chi connectivity index (χ2v) is 4.37. The number of ether oxygens (including phenoxy) is 1. The summed E-state index contributed by atoms with van der Waals surface area (Å²) in [4.78, 5) is 0. The maximum atomic E-state index is 5.17. The van der Waals surface area contributed by atoms with Gasteiger partial charge in [-0.15, -0.1) is 0 Å². The normalized spacial score (nSPS) is 12.5. The molecule has 3 heteroatoms. The van der Waals surface area contributed by atoms with E-state index in [0.717, 1.165) is 16.6 Å². The first-order valence-corrected chi connectivity index (χ1v) is 6.03. The Morgan fingerprint density at radius 1 is 1.47 bits per heavy atom. The van der Waals surface area contributed by atoms with Gasteiger partial charge in [-0.1, -0.05) is 35.3 Å². The predicted molar refractivity (Wildman–Crippen MR) is 67.4 cm³/mol. The highest BCUT2D eigenvalue weighted by Gasteiger charge is 2.11. The molecule has 0 fully saturated rings. The van der Waals surface area contributed by atoms with Gasteiger partial charge < -0.3 is 10.1 Å². The number of hydrogen-bond donors (Lipinski definition) is 1. The minimum atomic E-state index is 0.412. The van der Waals surface area contributed by atoms with Crippen molar-refractivity contribution in [1.82, 2.24) is 5.32 Å². The Bertz CT molecular complexity index is 314. The highest BCUT2D eigenvalue weighted by molar-refractivity contribution is 9.10. The van der Waals surface area contributed by atoms with Gasteiger partial charge in [-0.2, -0.15) is 0 Å². The Morgan fingerprint density at radius 2 is 2.20 bits per heavy atom. The fourth-order valence-corrected chi connectivity index (χ4v) is 2.30. The first-order valence-electron chi connectivity index (χ1n) is 5.23. The summed E-state index contributed by atoms with van der Waals surface area (Å²) in [6.45, 7) is 2.20. The van der Waals surface area contributed by atoms with Crippen LogP contribution in [0.25, 0.3) is 0 Å². The first-order chi connectivity index (χ1) is 7.22. The van der Waals surface area contributed by atoms with Crippen molar-refractivity contribution >= 4 is 15.9 Å². The van der Waals surface area contributed by atoms with Gasteiger partial charge in [-0.25, -0.2) is 0 Å². The van der Waals surface area contributed by atoms with Crippen LogP contribution < -0.4 is 10.1 Å². The highest BCUT2D eigenvalue weighted by atomic mass is 79.9. The molecule has 1 aromatic carbocycles. The van der Waals surface area contributed by atoms with Gasteiger partial charge in [0.2, 0.25) is 0 Å². The molecule has 1 atom stereocenters. The van der Waals surface area contributed by atoms with Crippen molar-refractivity contribution < 1.29 is 4.74 Å². The lowest BCUT2D eigenvalue weighted by atomic mass is 10.0. The summed E-state index contributed by atoms with van der Waals surface area (Å²) in [5.74, 6) is 0.886. The zero-order chi connectivity index (χ0) is 11.3. The number of nitrogens with one attached hydrogen (secondary N) is 1. The Morgan fingerprint density at radius 3 is 2.67 bits per heavy atom. The average molecular weight is 272 g/mol. The molecule has 1 aromatic rings. The van der Waals surface area contributed by atoms with E-state index in [2.05, 4.69) is 34.2 Å². The Kier molecular flexibility index (Phi) is 5.12.